The van der Waals surface area contributed by atoms with Crippen LogP contribution in [0.4, 0.5) is 0 Å². The maximum Gasteiger partial charge on any atom is 0.267 e. The molecule has 1 rings (SSSR count). The summed E-state index contributed by atoms with van der Waals surface area (Å²) in [5, 5.41) is 7.35. The van der Waals surface area contributed by atoms with Gasteiger partial charge in [0.15, 0.2) is 0 Å². The van der Waals surface area contributed by atoms with Crippen LogP contribution in [0.3, 0.4) is 0 Å². The molecule has 0 atom stereocenters. The van der Waals surface area contributed by atoms with Crippen LogP contribution < -0.4 is 15.6 Å². The first-order valence-electron chi connectivity index (χ1n) is 5.96. The Morgan fingerprint density at radius 1 is 1.41 bits per heavy atom. The third-order valence-corrected chi connectivity index (χ3v) is 2.45. The highest BCUT2D eigenvalue weighted by Crippen LogP contribution is 1.99. The summed E-state index contributed by atoms with van der Waals surface area (Å²) in [6.45, 7) is 6.66. The maximum absolute atomic E-state index is 11.5. The van der Waals surface area contributed by atoms with E-state index in [-0.39, 0.29) is 5.56 Å². The van der Waals surface area contributed by atoms with Crippen LogP contribution in [-0.4, -0.2) is 30.0 Å². The molecule has 5 heteroatoms. The van der Waals surface area contributed by atoms with Crippen LogP contribution in [0, 0.1) is 5.92 Å². The van der Waals surface area contributed by atoms with E-state index in [0.29, 0.717) is 18.3 Å². The normalized spacial score (nSPS) is 10.8. The van der Waals surface area contributed by atoms with Gasteiger partial charge in [0.1, 0.15) is 0 Å². The van der Waals surface area contributed by atoms with Crippen LogP contribution in [0.25, 0.3) is 0 Å². The smallest absolute Gasteiger partial charge is 0.267 e. The first-order valence-corrected chi connectivity index (χ1v) is 5.96. The molecule has 1 heterocycles. The molecule has 0 amide bonds. The van der Waals surface area contributed by atoms with E-state index in [1.54, 1.807) is 6.07 Å². The summed E-state index contributed by atoms with van der Waals surface area (Å²) < 4.78 is 6.40. The van der Waals surface area contributed by atoms with E-state index in [1.807, 2.05) is 0 Å². The molecule has 1 aromatic rings. The van der Waals surface area contributed by atoms with Crippen molar-refractivity contribution in [3.05, 3.63) is 22.5 Å². The molecule has 0 spiro atoms. The molecule has 1 aromatic heterocycles. The Bertz CT molecular complexity index is 388. The molecule has 5 nitrogen and oxygen atoms in total. The molecule has 0 aliphatic rings. The molecule has 1 N–H and O–H groups in total. The molecule has 0 unspecified atom stereocenters. The van der Waals surface area contributed by atoms with E-state index in [9.17, 15) is 4.79 Å². The van der Waals surface area contributed by atoms with Gasteiger partial charge in [-0.05, 0) is 18.9 Å². The van der Waals surface area contributed by atoms with Gasteiger partial charge in [0.05, 0.1) is 13.7 Å². The number of nitrogens with one attached hydrogen (secondary N) is 1. The molecule has 0 bridgehead atoms. The Balaban J connectivity index is 2.38. The topological polar surface area (TPSA) is 56.1 Å². The van der Waals surface area contributed by atoms with Crippen LogP contribution in [0.5, 0.6) is 5.88 Å². The molecule has 0 aliphatic heterocycles. The summed E-state index contributed by atoms with van der Waals surface area (Å²) in [7, 11) is 1.54. The first-order chi connectivity index (χ1) is 8.13. The van der Waals surface area contributed by atoms with Crippen molar-refractivity contribution in [2.24, 2.45) is 5.92 Å². The highest BCUT2D eigenvalue weighted by molar-refractivity contribution is 5.05. The minimum Gasteiger partial charge on any atom is -0.480 e. The maximum atomic E-state index is 11.5. The van der Waals surface area contributed by atoms with Crippen molar-refractivity contribution in [2.75, 3.05) is 20.2 Å². The van der Waals surface area contributed by atoms with E-state index in [1.165, 1.54) is 17.9 Å². The van der Waals surface area contributed by atoms with Crippen molar-refractivity contribution < 1.29 is 4.74 Å². The SMILES string of the molecule is COc1ccc(=O)n(CCNCCC(C)C)n1. The van der Waals surface area contributed by atoms with Crippen LogP contribution >= 0.6 is 0 Å². The number of nitrogens with zero attached hydrogens (tertiary/aromatic N) is 2. The van der Waals surface area contributed by atoms with Crippen molar-refractivity contribution in [1.82, 2.24) is 15.1 Å². The fourth-order valence-electron chi connectivity index (χ4n) is 1.40. The number of methoxy groups -OCH3 is 1. The zero-order chi connectivity index (χ0) is 12.7. The summed E-state index contributed by atoms with van der Waals surface area (Å²) in [6.07, 6.45) is 1.14. The molecule has 0 saturated heterocycles. The lowest BCUT2D eigenvalue weighted by Crippen LogP contribution is -2.29. The molecule has 0 radical (unpaired) electrons. The quantitative estimate of drug-likeness (QED) is 0.718. The van der Waals surface area contributed by atoms with Gasteiger partial charge in [-0.15, -0.1) is 5.10 Å². The minimum absolute atomic E-state index is 0.101. The number of rotatable bonds is 7. The summed E-state index contributed by atoms with van der Waals surface area (Å²) in [4.78, 5) is 11.5. The largest absolute Gasteiger partial charge is 0.480 e. The lowest BCUT2D eigenvalue weighted by atomic mass is 10.1. The van der Waals surface area contributed by atoms with Gasteiger partial charge in [0, 0.05) is 18.7 Å². The van der Waals surface area contributed by atoms with Gasteiger partial charge in [0.2, 0.25) is 5.88 Å². The van der Waals surface area contributed by atoms with Gasteiger partial charge in [-0.2, -0.15) is 0 Å². The van der Waals surface area contributed by atoms with Crippen molar-refractivity contribution in [3.63, 3.8) is 0 Å². The van der Waals surface area contributed by atoms with Crippen LogP contribution in [0.2, 0.25) is 0 Å². The van der Waals surface area contributed by atoms with Gasteiger partial charge in [-0.3, -0.25) is 4.79 Å². The second kappa shape index (κ2) is 7.06. The third kappa shape index (κ3) is 4.99. The van der Waals surface area contributed by atoms with Crippen molar-refractivity contribution in [2.45, 2.75) is 26.8 Å². The molecule has 0 aromatic carbocycles. The minimum atomic E-state index is -0.101. The molecular formula is C12H21N3O2. The summed E-state index contributed by atoms with van der Waals surface area (Å²) in [5.41, 5.74) is -0.101. The van der Waals surface area contributed by atoms with Crippen molar-refractivity contribution >= 4 is 0 Å². The zero-order valence-electron chi connectivity index (χ0n) is 10.8. The van der Waals surface area contributed by atoms with Crippen LogP contribution in [-0.2, 0) is 6.54 Å². The van der Waals surface area contributed by atoms with Gasteiger partial charge in [0.25, 0.3) is 5.56 Å². The predicted octanol–water partition coefficient (Wildman–Crippen LogP) is 0.888. The van der Waals surface area contributed by atoms with Gasteiger partial charge < -0.3 is 10.1 Å². The zero-order valence-corrected chi connectivity index (χ0v) is 10.8. The monoisotopic (exact) mass is 239 g/mol. The Morgan fingerprint density at radius 2 is 2.18 bits per heavy atom. The summed E-state index contributed by atoms with van der Waals surface area (Å²) in [6, 6.07) is 3.05. The first kappa shape index (κ1) is 13.7. The van der Waals surface area contributed by atoms with E-state index in [2.05, 4.69) is 24.3 Å². The highest BCUT2D eigenvalue weighted by atomic mass is 16.5. The average Bonchev–Trinajstić information content (AvgIpc) is 2.30. The Hall–Kier alpha value is -1.36. The number of hydrogen-bond acceptors (Lipinski definition) is 4. The van der Waals surface area contributed by atoms with E-state index < -0.39 is 0 Å². The van der Waals surface area contributed by atoms with Gasteiger partial charge in [-0.25, -0.2) is 4.68 Å². The second-order valence-electron chi connectivity index (χ2n) is 4.37. The Kier molecular flexibility index (Phi) is 5.69. The molecule has 0 fully saturated rings. The fraction of sp³-hybridized carbons (Fsp3) is 0.667. The molecular weight excluding hydrogens is 218 g/mol. The second-order valence-corrected chi connectivity index (χ2v) is 4.37. The van der Waals surface area contributed by atoms with Gasteiger partial charge in [-0.1, -0.05) is 13.8 Å². The standard InChI is InChI=1S/C12H21N3O2/c1-10(2)6-7-13-8-9-15-12(16)5-4-11(14-15)17-3/h4-5,10,13H,6-9H2,1-3H3. The average molecular weight is 239 g/mol. The Labute approximate surface area is 102 Å². The molecule has 17 heavy (non-hydrogen) atoms. The summed E-state index contributed by atoms with van der Waals surface area (Å²) >= 11 is 0. The lowest BCUT2D eigenvalue weighted by Gasteiger charge is -2.08. The third-order valence-electron chi connectivity index (χ3n) is 2.45. The lowest BCUT2D eigenvalue weighted by molar-refractivity contribution is 0.373. The highest BCUT2D eigenvalue weighted by Gasteiger charge is 2.00. The van der Waals surface area contributed by atoms with E-state index in [4.69, 9.17) is 4.74 Å². The van der Waals surface area contributed by atoms with Crippen molar-refractivity contribution in [1.29, 1.82) is 0 Å². The summed E-state index contributed by atoms with van der Waals surface area (Å²) in [5.74, 6) is 1.16. The van der Waals surface area contributed by atoms with E-state index >= 15 is 0 Å². The number of hydrogen-bond donors (Lipinski definition) is 1. The number of ether oxygens (including phenoxy) is 1. The van der Waals surface area contributed by atoms with Gasteiger partial charge >= 0.3 is 0 Å². The van der Waals surface area contributed by atoms with Crippen LogP contribution in [0.1, 0.15) is 20.3 Å². The Morgan fingerprint density at radius 3 is 2.82 bits per heavy atom. The van der Waals surface area contributed by atoms with Crippen LogP contribution in [0.15, 0.2) is 16.9 Å². The fourth-order valence-corrected chi connectivity index (χ4v) is 1.40. The van der Waals surface area contributed by atoms with E-state index in [0.717, 1.165) is 19.5 Å². The molecule has 96 valence electrons. The van der Waals surface area contributed by atoms with Crippen molar-refractivity contribution in [3.8, 4) is 5.88 Å². The number of aromatic nitrogens is 2. The molecule has 0 saturated carbocycles. The molecule has 0 aliphatic carbocycles. The predicted molar refractivity (Wildman–Crippen MR) is 67.4 cm³/mol.